The molecule has 2 aromatic heterocycles. The van der Waals surface area contributed by atoms with Crippen molar-refractivity contribution < 1.29 is 13.2 Å². The fourth-order valence-corrected chi connectivity index (χ4v) is 4.07. The van der Waals surface area contributed by atoms with Gasteiger partial charge in [0.1, 0.15) is 11.5 Å². The van der Waals surface area contributed by atoms with E-state index in [4.69, 9.17) is 23.5 Å². The normalized spacial score (nSPS) is 16.1. The fraction of sp³-hybridized carbons (Fsp3) is 0.412. The van der Waals surface area contributed by atoms with Crippen LogP contribution in [0.2, 0.25) is 0 Å². The Morgan fingerprint density at radius 3 is 2.54 bits per heavy atom. The zero-order valence-corrected chi connectivity index (χ0v) is 16.7. The fourth-order valence-electron chi connectivity index (χ4n) is 3.30. The molecule has 0 spiro atoms. The number of amides is 1. The molecule has 1 amide bonds. The second-order valence-corrected chi connectivity index (χ2v) is 8.83. The first-order valence-electron chi connectivity index (χ1n) is 8.83. The Kier molecular flexibility index (Phi) is 5.51. The van der Waals surface area contributed by atoms with Gasteiger partial charge in [-0.3, -0.25) is 9.20 Å². The van der Waals surface area contributed by atoms with Crippen LogP contribution in [-0.2, 0) is 21.2 Å². The third-order valence-corrected chi connectivity index (χ3v) is 6.03. The number of carbonyl (C=O) groups is 1. The van der Waals surface area contributed by atoms with Gasteiger partial charge in [0, 0.05) is 19.3 Å². The van der Waals surface area contributed by atoms with Crippen LogP contribution in [0.3, 0.4) is 0 Å². The molecule has 11 heteroatoms. The van der Waals surface area contributed by atoms with E-state index in [1.807, 2.05) is 31.3 Å². The smallest absolute Gasteiger partial charge is 0.213 e. The predicted octanol–water partition coefficient (Wildman–Crippen LogP) is 0.0250. The van der Waals surface area contributed by atoms with Gasteiger partial charge < -0.3 is 4.90 Å². The topological polar surface area (TPSA) is 75.0 Å². The minimum Gasteiger partial charge on any atom is -0.319 e. The molecule has 7 nitrogen and oxygen atoms in total. The highest BCUT2D eigenvalue weighted by atomic mass is 32.2. The molecule has 1 aliphatic rings. The highest BCUT2D eigenvalue weighted by Gasteiger charge is 2.26. The van der Waals surface area contributed by atoms with Crippen LogP contribution in [0.4, 0.5) is 5.82 Å². The number of nitrogens with zero attached hydrogens (tertiary/aromatic N) is 4. The molecule has 28 heavy (non-hydrogen) atoms. The SMILES string of the molecule is [B]C([B])([B])N(C=O)c1c(CC)nc2ccc(C3=CCN(S(C)(=O)=O)CC3)cn12. The lowest BCUT2D eigenvalue weighted by molar-refractivity contribution is -0.107. The lowest BCUT2D eigenvalue weighted by Crippen LogP contribution is -2.51. The number of carbonyl (C=O) groups excluding carboxylic acids is 1. The average Bonchev–Trinajstić information content (AvgIpc) is 2.98. The predicted molar refractivity (Wildman–Crippen MR) is 112 cm³/mol. The number of rotatable bonds is 6. The molecule has 2 aromatic rings. The zero-order chi connectivity index (χ0) is 20.7. The van der Waals surface area contributed by atoms with Crippen molar-refractivity contribution in [2.75, 3.05) is 24.2 Å². The minimum atomic E-state index is -3.22. The Morgan fingerprint density at radius 2 is 2.04 bits per heavy atom. The van der Waals surface area contributed by atoms with Gasteiger partial charge in [-0.05, 0) is 36.1 Å². The Morgan fingerprint density at radius 1 is 1.32 bits per heavy atom. The van der Waals surface area contributed by atoms with Crippen molar-refractivity contribution in [1.29, 1.82) is 0 Å². The lowest BCUT2D eigenvalue weighted by Gasteiger charge is -2.34. The van der Waals surface area contributed by atoms with Crippen LogP contribution in [0, 0.1) is 0 Å². The lowest BCUT2D eigenvalue weighted by atomic mass is 9.48. The van der Waals surface area contributed by atoms with E-state index in [0.717, 1.165) is 16.0 Å². The van der Waals surface area contributed by atoms with Gasteiger partial charge in [0.05, 0.1) is 35.5 Å². The first-order valence-corrected chi connectivity index (χ1v) is 10.7. The van der Waals surface area contributed by atoms with Crippen molar-refractivity contribution in [3.63, 3.8) is 0 Å². The number of hydrogen-bond donors (Lipinski definition) is 0. The van der Waals surface area contributed by atoms with E-state index >= 15 is 0 Å². The molecule has 0 unspecified atom stereocenters. The van der Waals surface area contributed by atoms with Gasteiger partial charge >= 0.3 is 0 Å². The maximum atomic E-state index is 11.7. The molecule has 0 aromatic carbocycles. The van der Waals surface area contributed by atoms with Crippen molar-refractivity contribution in [3.05, 3.63) is 35.7 Å². The van der Waals surface area contributed by atoms with Crippen LogP contribution in [0.15, 0.2) is 24.4 Å². The maximum Gasteiger partial charge on any atom is 0.213 e. The number of pyridine rings is 1. The minimum absolute atomic E-state index is 0.321. The molecule has 0 atom stereocenters. The van der Waals surface area contributed by atoms with E-state index in [2.05, 4.69) is 4.98 Å². The highest BCUT2D eigenvalue weighted by Crippen LogP contribution is 2.29. The first kappa shape index (κ1) is 20.7. The molecule has 1 aliphatic heterocycles. The highest BCUT2D eigenvalue weighted by molar-refractivity contribution is 7.88. The quantitative estimate of drug-likeness (QED) is 0.514. The molecule has 140 valence electrons. The monoisotopic (exact) mass is 392 g/mol. The molecule has 6 radical (unpaired) electrons. The number of sulfonamides is 1. The van der Waals surface area contributed by atoms with Crippen LogP contribution in [-0.4, -0.2) is 76.6 Å². The standard InChI is InChI=1S/C17H19B3N4O3S/c1-3-14-16(24(11-25)17(18,19)20)23-10-13(4-5-15(23)21-14)12-6-8-22(9-7-12)28(2,26)27/h4-6,10-11H,3,7-9H2,1-2H3. The summed E-state index contributed by atoms with van der Waals surface area (Å²) >= 11 is 0. The third kappa shape index (κ3) is 3.91. The van der Waals surface area contributed by atoms with Gasteiger partial charge in [0.25, 0.3) is 0 Å². The number of fused-ring (bicyclic) bond motifs is 1. The summed E-state index contributed by atoms with van der Waals surface area (Å²) in [6, 6.07) is 3.75. The average molecular weight is 392 g/mol. The summed E-state index contributed by atoms with van der Waals surface area (Å²) in [6.07, 6.45) is 6.54. The van der Waals surface area contributed by atoms with Gasteiger partial charge in [-0.25, -0.2) is 13.4 Å². The Hall–Kier alpha value is -2.00. The molecule has 0 saturated heterocycles. The molecule has 0 bridgehead atoms. The molecule has 3 rings (SSSR count). The van der Waals surface area contributed by atoms with E-state index in [1.165, 1.54) is 10.6 Å². The Labute approximate surface area is 169 Å². The molecule has 0 fully saturated rings. The first-order chi connectivity index (χ1) is 13.1. The second-order valence-electron chi connectivity index (χ2n) is 6.84. The van der Waals surface area contributed by atoms with Gasteiger partial charge in [-0.15, -0.1) is 0 Å². The summed E-state index contributed by atoms with van der Waals surface area (Å²) in [6.45, 7) is 2.64. The maximum absolute atomic E-state index is 11.7. The summed E-state index contributed by atoms with van der Waals surface area (Å²) in [5, 5.41) is -1.88. The van der Waals surface area contributed by atoms with E-state index in [0.29, 0.717) is 49.5 Å². The van der Waals surface area contributed by atoms with Crippen LogP contribution in [0.1, 0.15) is 24.6 Å². The van der Waals surface area contributed by atoms with Gasteiger partial charge in [0.15, 0.2) is 0 Å². The summed E-state index contributed by atoms with van der Waals surface area (Å²) in [5.74, 6) is 0.413. The number of anilines is 1. The second kappa shape index (κ2) is 7.44. The van der Waals surface area contributed by atoms with Gasteiger partial charge in [-0.2, -0.15) is 4.31 Å². The molecule has 3 heterocycles. The molecule has 0 saturated carbocycles. The Bertz CT molecular complexity index is 1040. The van der Waals surface area contributed by atoms with E-state index in [9.17, 15) is 13.2 Å². The van der Waals surface area contributed by atoms with E-state index < -0.39 is 15.3 Å². The van der Waals surface area contributed by atoms with Crippen LogP contribution < -0.4 is 4.90 Å². The van der Waals surface area contributed by atoms with Crippen molar-refractivity contribution in [3.8, 4) is 0 Å². The Balaban J connectivity index is 2.08. The number of imidazole rings is 1. The van der Waals surface area contributed by atoms with Crippen LogP contribution in [0.25, 0.3) is 11.2 Å². The number of aryl methyl sites for hydroxylation is 1. The van der Waals surface area contributed by atoms with Crippen molar-refractivity contribution >= 4 is 57.0 Å². The van der Waals surface area contributed by atoms with Crippen LogP contribution in [0.5, 0.6) is 0 Å². The summed E-state index contributed by atoms with van der Waals surface area (Å²) in [4.78, 5) is 17.2. The van der Waals surface area contributed by atoms with Crippen LogP contribution >= 0.6 is 0 Å². The molecule has 0 aliphatic carbocycles. The molecular weight excluding hydrogens is 373 g/mol. The summed E-state index contributed by atoms with van der Waals surface area (Å²) in [5.41, 5.74) is 3.16. The van der Waals surface area contributed by atoms with E-state index in [1.54, 1.807) is 4.40 Å². The molecule has 0 N–H and O–H groups in total. The largest absolute Gasteiger partial charge is 0.319 e. The number of hydrogen-bond acceptors (Lipinski definition) is 4. The molecular formula is C17H19B3N4O3S. The summed E-state index contributed by atoms with van der Waals surface area (Å²) < 4.78 is 26.5. The van der Waals surface area contributed by atoms with Gasteiger partial charge in [-0.1, -0.05) is 18.2 Å². The zero-order valence-electron chi connectivity index (χ0n) is 15.9. The van der Waals surface area contributed by atoms with Crippen molar-refractivity contribution in [2.24, 2.45) is 0 Å². The third-order valence-electron chi connectivity index (χ3n) is 4.76. The number of aromatic nitrogens is 2. The summed E-state index contributed by atoms with van der Waals surface area (Å²) in [7, 11) is 14.1. The van der Waals surface area contributed by atoms with Crippen molar-refractivity contribution in [2.45, 2.75) is 25.0 Å². The van der Waals surface area contributed by atoms with Crippen molar-refractivity contribution in [1.82, 2.24) is 13.7 Å². The van der Waals surface area contributed by atoms with E-state index in [-0.39, 0.29) is 0 Å². The van der Waals surface area contributed by atoms with Gasteiger partial charge in [0.2, 0.25) is 16.4 Å².